The third kappa shape index (κ3) is 2.69. The van der Waals surface area contributed by atoms with E-state index in [9.17, 15) is 9.90 Å². The number of nitriles is 1. The van der Waals surface area contributed by atoms with Gasteiger partial charge in [0.15, 0.2) is 0 Å². The highest BCUT2D eigenvalue weighted by Gasteiger charge is 2.30. The molecule has 0 radical (unpaired) electrons. The Morgan fingerprint density at radius 1 is 1.73 bits per heavy atom. The monoisotopic (exact) mass is 210 g/mol. The van der Waals surface area contributed by atoms with E-state index < -0.39 is 12.0 Å². The second kappa shape index (κ2) is 5.13. The summed E-state index contributed by atoms with van der Waals surface area (Å²) in [6.07, 6.45) is 0.908. The summed E-state index contributed by atoms with van der Waals surface area (Å²) in [4.78, 5) is 13.4. The minimum atomic E-state index is -0.550. The summed E-state index contributed by atoms with van der Waals surface area (Å²) in [5.41, 5.74) is 0. The standard InChI is InChI=1S/C11H18N2O2/c1-3-9(6-12)11(15)13-5-4-8(2)10(14)7-13/h8-10,14H,3-5,7H2,1-2H3. The smallest absolute Gasteiger partial charge is 0.240 e. The Labute approximate surface area is 90.5 Å². The summed E-state index contributed by atoms with van der Waals surface area (Å²) in [5.74, 6) is -0.437. The maximum atomic E-state index is 11.8. The number of aliphatic hydroxyl groups is 1. The highest BCUT2D eigenvalue weighted by molar-refractivity contribution is 5.81. The first kappa shape index (κ1) is 12.0. The van der Waals surface area contributed by atoms with E-state index in [0.717, 1.165) is 6.42 Å². The van der Waals surface area contributed by atoms with Crippen molar-refractivity contribution in [1.82, 2.24) is 4.90 Å². The number of hydrogen-bond donors (Lipinski definition) is 1. The van der Waals surface area contributed by atoms with Crippen molar-refractivity contribution in [2.45, 2.75) is 32.8 Å². The van der Waals surface area contributed by atoms with Gasteiger partial charge in [-0.15, -0.1) is 0 Å². The second-order valence-corrected chi connectivity index (χ2v) is 4.21. The molecule has 1 fully saturated rings. The minimum Gasteiger partial charge on any atom is -0.391 e. The molecule has 1 saturated heterocycles. The lowest BCUT2D eigenvalue weighted by molar-refractivity contribution is -0.138. The summed E-state index contributed by atoms with van der Waals surface area (Å²) in [7, 11) is 0. The van der Waals surface area contributed by atoms with Crippen molar-refractivity contribution in [3.63, 3.8) is 0 Å². The van der Waals surface area contributed by atoms with Gasteiger partial charge in [0.05, 0.1) is 12.2 Å². The van der Waals surface area contributed by atoms with Crippen molar-refractivity contribution in [2.24, 2.45) is 11.8 Å². The molecule has 4 heteroatoms. The minimum absolute atomic E-state index is 0.133. The van der Waals surface area contributed by atoms with E-state index in [1.807, 2.05) is 19.9 Å². The Morgan fingerprint density at radius 2 is 2.40 bits per heavy atom. The van der Waals surface area contributed by atoms with E-state index in [1.165, 1.54) is 0 Å². The predicted octanol–water partition coefficient (Wildman–Crippen LogP) is 0.765. The van der Waals surface area contributed by atoms with Gasteiger partial charge in [0.1, 0.15) is 5.92 Å². The van der Waals surface area contributed by atoms with E-state index in [0.29, 0.717) is 19.5 Å². The van der Waals surface area contributed by atoms with Crippen LogP contribution in [0.25, 0.3) is 0 Å². The molecule has 3 unspecified atom stereocenters. The Balaban J connectivity index is 2.58. The highest BCUT2D eigenvalue weighted by atomic mass is 16.3. The number of carbonyl (C=O) groups excluding carboxylic acids is 1. The molecule has 0 saturated carbocycles. The van der Waals surface area contributed by atoms with Crippen LogP contribution in [0.3, 0.4) is 0 Å². The van der Waals surface area contributed by atoms with Crippen molar-refractivity contribution in [2.75, 3.05) is 13.1 Å². The zero-order valence-electron chi connectivity index (χ0n) is 9.31. The number of amides is 1. The fourth-order valence-corrected chi connectivity index (χ4v) is 1.79. The molecule has 1 amide bonds. The molecule has 0 aromatic carbocycles. The van der Waals surface area contributed by atoms with Gasteiger partial charge in [-0.25, -0.2) is 0 Å². The first-order valence-electron chi connectivity index (χ1n) is 5.46. The van der Waals surface area contributed by atoms with E-state index in [1.54, 1.807) is 4.90 Å². The third-order valence-electron chi connectivity index (χ3n) is 3.09. The molecule has 0 bridgehead atoms. The first-order valence-corrected chi connectivity index (χ1v) is 5.46. The van der Waals surface area contributed by atoms with Gasteiger partial charge in [-0.2, -0.15) is 5.26 Å². The number of rotatable bonds is 2. The fourth-order valence-electron chi connectivity index (χ4n) is 1.79. The van der Waals surface area contributed by atoms with Crippen LogP contribution < -0.4 is 0 Å². The molecule has 0 aromatic rings. The Kier molecular flexibility index (Phi) is 4.10. The maximum Gasteiger partial charge on any atom is 0.240 e. The average Bonchev–Trinajstić information content (AvgIpc) is 2.23. The number of aliphatic hydroxyl groups excluding tert-OH is 1. The lowest BCUT2D eigenvalue weighted by Crippen LogP contribution is -2.47. The van der Waals surface area contributed by atoms with Gasteiger partial charge >= 0.3 is 0 Å². The molecule has 1 N–H and O–H groups in total. The lowest BCUT2D eigenvalue weighted by atomic mass is 9.94. The number of carbonyl (C=O) groups is 1. The maximum absolute atomic E-state index is 11.8. The van der Waals surface area contributed by atoms with E-state index in [-0.39, 0.29) is 11.8 Å². The third-order valence-corrected chi connectivity index (χ3v) is 3.09. The van der Waals surface area contributed by atoms with Gasteiger partial charge in [0.2, 0.25) is 5.91 Å². The number of nitrogens with zero attached hydrogens (tertiary/aromatic N) is 2. The molecule has 84 valence electrons. The summed E-state index contributed by atoms with van der Waals surface area (Å²) in [5, 5.41) is 18.4. The molecule has 0 aliphatic carbocycles. The molecule has 1 rings (SSSR count). The fraction of sp³-hybridized carbons (Fsp3) is 0.818. The molecular formula is C11H18N2O2. The molecule has 15 heavy (non-hydrogen) atoms. The zero-order valence-corrected chi connectivity index (χ0v) is 9.31. The number of β-amino-alcohol motifs (C(OH)–C–C–N with tert-alkyl or cyclic N) is 1. The van der Waals surface area contributed by atoms with Crippen LogP contribution in [0.15, 0.2) is 0 Å². The molecule has 0 spiro atoms. The number of hydrogen-bond acceptors (Lipinski definition) is 3. The van der Waals surface area contributed by atoms with Crippen LogP contribution in [0.5, 0.6) is 0 Å². The van der Waals surface area contributed by atoms with E-state index >= 15 is 0 Å². The van der Waals surface area contributed by atoms with Crippen molar-refractivity contribution in [3.8, 4) is 6.07 Å². The predicted molar refractivity (Wildman–Crippen MR) is 55.8 cm³/mol. The van der Waals surface area contributed by atoms with Crippen LogP contribution in [0.1, 0.15) is 26.7 Å². The normalized spacial score (nSPS) is 28.3. The topological polar surface area (TPSA) is 64.3 Å². The van der Waals surface area contributed by atoms with Crippen LogP contribution in [0.2, 0.25) is 0 Å². The Bertz CT molecular complexity index is 272. The van der Waals surface area contributed by atoms with Crippen LogP contribution in [0, 0.1) is 23.2 Å². The van der Waals surface area contributed by atoms with Gasteiger partial charge < -0.3 is 10.0 Å². The van der Waals surface area contributed by atoms with Crippen LogP contribution in [0.4, 0.5) is 0 Å². The van der Waals surface area contributed by atoms with Crippen molar-refractivity contribution in [1.29, 1.82) is 5.26 Å². The van der Waals surface area contributed by atoms with Crippen molar-refractivity contribution in [3.05, 3.63) is 0 Å². The molecule has 3 atom stereocenters. The number of piperidine rings is 1. The highest BCUT2D eigenvalue weighted by Crippen LogP contribution is 2.19. The molecule has 1 aliphatic heterocycles. The summed E-state index contributed by atoms with van der Waals surface area (Å²) < 4.78 is 0. The summed E-state index contributed by atoms with van der Waals surface area (Å²) in [6.45, 7) is 4.84. The van der Waals surface area contributed by atoms with Gasteiger partial charge in [-0.05, 0) is 18.8 Å². The van der Waals surface area contributed by atoms with Gasteiger partial charge in [0.25, 0.3) is 0 Å². The first-order chi connectivity index (χ1) is 7.10. The van der Waals surface area contributed by atoms with Crippen molar-refractivity contribution < 1.29 is 9.90 Å². The molecule has 1 heterocycles. The van der Waals surface area contributed by atoms with E-state index in [2.05, 4.69) is 0 Å². The summed E-state index contributed by atoms with van der Waals surface area (Å²) >= 11 is 0. The van der Waals surface area contributed by atoms with Crippen molar-refractivity contribution >= 4 is 5.91 Å². The van der Waals surface area contributed by atoms with Crippen LogP contribution in [-0.2, 0) is 4.79 Å². The Hall–Kier alpha value is -1.08. The molecule has 4 nitrogen and oxygen atoms in total. The van der Waals surface area contributed by atoms with Crippen LogP contribution in [-0.4, -0.2) is 35.1 Å². The largest absolute Gasteiger partial charge is 0.391 e. The second-order valence-electron chi connectivity index (χ2n) is 4.21. The van der Waals surface area contributed by atoms with Gasteiger partial charge in [-0.1, -0.05) is 13.8 Å². The number of likely N-dealkylation sites (tertiary alicyclic amines) is 1. The average molecular weight is 210 g/mol. The SMILES string of the molecule is CCC(C#N)C(=O)N1CCC(C)C(O)C1. The lowest BCUT2D eigenvalue weighted by Gasteiger charge is -2.35. The molecule has 1 aliphatic rings. The Morgan fingerprint density at radius 3 is 2.87 bits per heavy atom. The quantitative estimate of drug-likeness (QED) is 0.732. The molecule has 0 aromatic heterocycles. The van der Waals surface area contributed by atoms with E-state index in [4.69, 9.17) is 5.26 Å². The summed E-state index contributed by atoms with van der Waals surface area (Å²) in [6, 6.07) is 2.00. The van der Waals surface area contributed by atoms with Crippen LogP contribution >= 0.6 is 0 Å². The molecular weight excluding hydrogens is 192 g/mol. The van der Waals surface area contributed by atoms with Gasteiger partial charge in [0, 0.05) is 13.1 Å². The van der Waals surface area contributed by atoms with Gasteiger partial charge in [-0.3, -0.25) is 4.79 Å². The zero-order chi connectivity index (χ0) is 11.4.